The SMILES string of the molecule is CCCCCCCCCCC[N-]CC(=O)[O-].CCCCCCCCCCC[N-]CC(=O)[O-].[Zn+2]. The van der Waals surface area contributed by atoms with Gasteiger partial charge < -0.3 is 30.4 Å². The van der Waals surface area contributed by atoms with E-state index in [-0.39, 0.29) is 32.6 Å². The maximum atomic E-state index is 10.1. The fourth-order valence-electron chi connectivity index (χ4n) is 3.41. The molecule has 0 amide bonds. The second kappa shape index (κ2) is 33.7. The molecule has 0 spiro atoms. The quantitative estimate of drug-likeness (QED) is 0.128. The Hall–Kier alpha value is -0.517. The molecule has 0 radical (unpaired) electrons. The van der Waals surface area contributed by atoms with Crippen molar-refractivity contribution in [3.8, 4) is 0 Å². The number of carbonyl (C=O) groups excluding carboxylic acids is 2. The summed E-state index contributed by atoms with van der Waals surface area (Å²) in [6.07, 6.45) is 23.0. The normalized spacial score (nSPS) is 10.2. The van der Waals surface area contributed by atoms with Crippen molar-refractivity contribution >= 4 is 11.9 Å². The van der Waals surface area contributed by atoms with Gasteiger partial charge in [0.1, 0.15) is 0 Å². The van der Waals surface area contributed by atoms with Crippen LogP contribution in [0.2, 0.25) is 0 Å². The zero-order valence-electron chi connectivity index (χ0n) is 21.8. The van der Waals surface area contributed by atoms with Gasteiger partial charge in [-0.1, -0.05) is 129 Å². The maximum absolute atomic E-state index is 10.1. The molecule has 0 heterocycles. The molecule has 0 aromatic heterocycles. The first kappa shape index (κ1) is 37.0. The molecule has 0 fully saturated rings. The first-order valence-electron chi connectivity index (χ1n) is 13.2. The van der Waals surface area contributed by atoms with Crippen LogP contribution in [0.25, 0.3) is 10.6 Å². The van der Waals surface area contributed by atoms with Crippen molar-refractivity contribution < 1.29 is 39.3 Å². The molecule has 0 N–H and O–H groups in total. The molecule has 0 atom stereocenters. The number of carboxylic acids is 2. The Morgan fingerprint density at radius 3 is 0.970 bits per heavy atom. The number of rotatable bonds is 24. The fraction of sp³-hybridized carbons (Fsp3) is 0.923. The van der Waals surface area contributed by atoms with E-state index >= 15 is 0 Å². The Morgan fingerprint density at radius 1 is 0.485 bits per heavy atom. The molecule has 0 aliphatic rings. The predicted molar refractivity (Wildman–Crippen MR) is 131 cm³/mol. The second-order valence-corrected chi connectivity index (χ2v) is 8.61. The third-order valence-corrected chi connectivity index (χ3v) is 5.32. The molecule has 0 aromatic carbocycles. The number of carboxylic acid groups (broad SMARTS) is 2. The summed E-state index contributed by atoms with van der Waals surface area (Å²) in [5, 5.41) is 27.8. The van der Waals surface area contributed by atoms with Gasteiger partial charge >= 0.3 is 19.5 Å². The number of nitrogens with zero attached hydrogens (tertiary/aromatic N) is 2. The third kappa shape index (κ3) is 42.1. The van der Waals surface area contributed by atoms with Crippen LogP contribution in [0.15, 0.2) is 0 Å². The topological polar surface area (TPSA) is 108 Å². The Morgan fingerprint density at radius 2 is 0.727 bits per heavy atom. The minimum Gasteiger partial charge on any atom is -0.657 e. The Labute approximate surface area is 217 Å². The summed E-state index contributed by atoms with van der Waals surface area (Å²) in [6.45, 7) is 5.52. The molecular weight excluding hydrogens is 470 g/mol. The smallest absolute Gasteiger partial charge is 0.657 e. The van der Waals surface area contributed by atoms with Crippen LogP contribution in [0.1, 0.15) is 129 Å². The second-order valence-electron chi connectivity index (χ2n) is 8.61. The van der Waals surface area contributed by atoms with E-state index in [2.05, 4.69) is 24.5 Å². The summed E-state index contributed by atoms with van der Waals surface area (Å²) < 4.78 is 0. The van der Waals surface area contributed by atoms with E-state index in [1.165, 1.54) is 103 Å². The minimum atomic E-state index is -1.07. The average Bonchev–Trinajstić information content (AvgIpc) is 2.76. The van der Waals surface area contributed by atoms with Crippen LogP contribution in [-0.2, 0) is 29.1 Å². The van der Waals surface area contributed by atoms with E-state index in [1.54, 1.807) is 0 Å². The van der Waals surface area contributed by atoms with E-state index in [0.29, 0.717) is 13.1 Å². The van der Waals surface area contributed by atoms with Gasteiger partial charge in [0.05, 0.1) is 0 Å². The summed E-state index contributed by atoms with van der Waals surface area (Å²) in [6, 6.07) is 0. The number of carbonyl (C=O) groups is 2. The molecule has 0 rings (SSSR count). The molecule has 6 nitrogen and oxygen atoms in total. The molecule has 0 bridgehead atoms. The van der Waals surface area contributed by atoms with Crippen molar-refractivity contribution in [2.45, 2.75) is 129 Å². The molecule has 0 aliphatic carbocycles. The Balaban J connectivity index is -0.000000529. The summed E-state index contributed by atoms with van der Waals surface area (Å²) in [7, 11) is 0. The Bertz CT molecular complexity index is 362. The molecule has 192 valence electrons. The molecule has 0 aliphatic heterocycles. The van der Waals surface area contributed by atoms with Gasteiger partial charge in [0.2, 0.25) is 0 Å². The summed E-state index contributed by atoms with van der Waals surface area (Å²) in [5.74, 6) is -2.15. The van der Waals surface area contributed by atoms with Gasteiger partial charge in [-0.05, 0) is 0 Å². The zero-order chi connectivity index (χ0) is 24.1. The number of hydrogen-bond acceptors (Lipinski definition) is 4. The maximum Gasteiger partial charge on any atom is 2.00 e. The summed E-state index contributed by atoms with van der Waals surface area (Å²) in [4.78, 5) is 20.1. The Kier molecular flexibility index (Phi) is 37.8. The minimum absolute atomic E-state index is 0. The molecule has 0 unspecified atom stereocenters. The van der Waals surface area contributed by atoms with Crippen LogP contribution in [0.4, 0.5) is 0 Å². The van der Waals surface area contributed by atoms with Gasteiger partial charge in [-0.3, -0.25) is 0 Å². The number of unbranched alkanes of at least 4 members (excludes halogenated alkanes) is 16. The van der Waals surface area contributed by atoms with E-state index in [1.807, 2.05) is 0 Å². The van der Waals surface area contributed by atoms with Crippen LogP contribution in [0.3, 0.4) is 0 Å². The van der Waals surface area contributed by atoms with E-state index in [0.717, 1.165) is 12.8 Å². The first-order chi connectivity index (χ1) is 15.5. The first-order valence-corrected chi connectivity index (χ1v) is 13.2. The number of aliphatic carboxylic acids is 2. The molecule has 0 saturated heterocycles. The monoisotopic (exact) mass is 518 g/mol. The fourth-order valence-corrected chi connectivity index (χ4v) is 3.41. The molecule has 0 aromatic rings. The largest absolute Gasteiger partial charge is 2.00 e. The van der Waals surface area contributed by atoms with Gasteiger partial charge in [0.25, 0.3) is 0 Å². The van der Waals surface area contributed by atoms with E-state index < -0.39 is 11.9 Å². The van der Waals surface area contributed by atoms with Gasteiger partial charge in [-0.15, -0.1) is 26.2 Å². The van der Waals surface area contributed by atoms with E-state index in [9.17, 15) is 19.8 Å². The zero-order valence-corrected chi connectivity index (χ0v) is 24.8. The van der Waals surface area contributed by atoms with Gasteiger partial charge in [-0.25, -0.2) is 0 Å². The van der Waals surface area contributed by atoms with Crippen LogP contribution < -0.4 is 10.2 Å². The molecular formula is C26H50N2O4Zn-2. The van der Waals surface area contributed by atoms with Crippen LogP contribution in [0, 0.1) is 0 Å². The van der Waals surface area contributed by atoms with Crippen molar-refractivity contribution in [2.24, 2.45) is 0 Å². The standard InChI is InChI=1S/2C13H26NO2.Zn/c2*1-2-3-4-5-6-7-8-9-10-11-14-12-13(15)16;/h2*2-12H2,1H3,(H,15,16);/q2*-1;+2/p-2. The van der Waals surface area contributed by atoms with Crippen molar-refractivity contribution in [1.29, 1.82) is 0 Å². The third-order valence-electron chi connectivity index (χ3n) is 5.32. The van der Waals surface area contributed by atoms with Gasteiger partial charge in [-0.2, -0.15) is 0 Å². The van der Waals surface area contributed by atoms with Crippen molar-refractivity contribution in [3.05, 3.63) is 10.6 Å². The average molecular weight is 520 g/mol. The molecule has 0 saturated carbocycles. The molecule has 7 heteroatoms. The van der Waals surface area contributed by atoms with Crippen LogP contribution in [0.5, 0.6) is 0 Å². The van der Waals surface area contributed by atoms with Gasteiger partial charge in [0, 0.05) is 11.9 Å². The van der Waals surface area contributed by atoms with Crippen molar-refractivity contribution in [2.75, 3.05) is 26.2 Å². The van der Waals surface area contributed by atoms with Crippen LogP contribution >= 0.6 is 0 Å². The van der Waals surface area contributed by atoms with Gasteiger partial charge in [0.15, 0.2) is 0 Å². The summed E-state index contributed by atoms with van der Waals surface area (Å²) in [5.41, 5.74) is 0. The predicted octanol–water partition coefficient (Wildman–Crippen LogP) is 5.28. The van der Waals surface area contributed by atoms with E-state index in [4.69, 9.17) is 0 Å². The van der Waals surface area contributed by atoms with Crippen molar-refractivity contribution in [3.63, 3.8) is 0 Å². The van der Waals surface area contributed by atoms with Crippen LogP contribution in [-0.4, -0.2) is 38.1 Å². The van der Waals surface area contributed by atoms with Crippen molar-refractivity contribution in [1.82, 2.24) is 0 Å². The molecule has 33 heavy (non-hydrogen) atoms. The number of hydrogen-bond donors (Lipinski definition) is 0. The summed E-state index contributed by atoms with van der Waals surface area (Å²) >= 11 is 0.